The van der Waals surface area contributed by atoms with Crippen molar-refractivity contribution in [3.05, 3.63) is 35.2 Å². The number of fused-ring (bicyclic) bond motifs is 1. The van der Waals surface area contributed by atoms with E-state index >= 15 is 0 Å². The minimum absolute atomic E-state index is 0.140. The van der Waals surface area contributed by atoms with Crippen LogP contribution in [0.4, 0.5) is 10.7 Å². The van der Waals surface area contributed by atoms with Gasteiger partial charge in [-0.1, -0.05) is 0 Å². The number of carbonyl (C=O) groups is 3. The summed E-state index contributed by atoms with van der Waals surface area (Å²) in [5, 5.41) is 10.1. The topological polar surface area (TPSA) is 159 Å². The molecule has 1 fully saturated rings. The molecular weight excluding hydrogens is 480 g/mol. The van der Waals surface area contributed by atoms with Crippen LogP contribution in [0.5, 0.6) is 5.75 Å². The summed E-state index contributed by atoms with van der Waals surface area (Å²) in [7, 11) is 1.49. The molecule has 2 aromatic heterocycles. The molecule has 0 saturated carbocycles. The Bertz CT molecular complexity index is 1310. The number of nitrogens with zero attached hydrogens (tertiary/aromatic N) is 5. The van der Waals surface area contributed by atoms with Crippen molar-refractivity contribution in [1.82, 2.24) is 29.5 Å². The molecule has 1 saturated heterocycles. The summed E-state index contributed by atoms with van der Waals surface area (Å²) in [6, 6.07) is 4.68. The van der Waals surface area contributed by atoms with Crippen molar-refractivity contribution >= 4 is 34.8 Å². The van der Waals surface area contributed by atoms with Gasteiger partial charge in [0.2, 0.25) is 11.9 Å². The molecule has 0 radical (unpaired) electrons. The van der Waals surface area contributed by atoms with Crippen molar-refractivity contribution in [2.45, 2.75) is 33.4 Å². The second-order valence-electron chi connectivity index (χ2n) is 8.62. The van der Waals surface area contributed by atoms with Crippen molar-refractivity contribution in [2.75, 3.05) is 45.3 Å². The van der Waals surface area contributed by atoms with Crippen LogP contribution >= 0.6 is 0 Å². The van der Waals surface area contributed by atoms with E-state index < -0.39 is 5.91 Å². The van der Waals surface area contributed by atoms with Crippen LogP contribution in [0.25, 0.3) is 11.0 Å². The van der Waals surface area contributed by atoms with Crippen molar-refractivity contribution < 1.29 is 23.9 Å². The van der Waals surface area contributed by atoms with Crippen LogP contribution in [0, 0.1) is 6.92 Å². The van der Waals surface area contributed by atoms with E-state index in [9.17, 15) is 14.4 Å². The van der Waals surface area contributed by atoms with Gasteiger partial charge >= 0.3 is 6.03 Å². The zero-order chi connectivity index (χ0) is 26.5. The molecule has 4 amide bonds. The van der Waals surface area contributed by atoms with E-state index in [4.69, 9.17) is 15.2 Å². The first-order chi connectivity index (χ1) is 17.8. The molecule has 0 aliphatic carbocycles. The highest BCUT2D eigenvalue weighted by atomic mass is 16.5. The van der Waals surface area contributed by atoms with Crippen molar-refractivity contribution in [2.24, 2.45) is 5.73 Å². The molecule has 3 heterocycles. The molecule has 0 atom stereocenters. The first-order valence-corrected chi connectivity index (χ1v) is 12.2. The average molecular weight is 513 g/mol. The number of rotatable bonds is 9. The largest absolute Gasteiger partial charge is 0.494 e. The number of methoxy groups -OCH3 is 1. The van der Waals surface area contributed by atoms with E-state index in [0.29, 0.717) is 74.8 Å². The summed E-state index contributed by atoms with van der Waals surface area (Å²) in [5.41, 5.74) is 7.91. The number of imidazole rings is 1. The third-order valence-corrected chi connectivity index (χ3v) is 6.10. The van der Waals surface area contributed by atoms with Crippen LogP contribution in [0.1, 0.15) is 39.9 Å². The molecule has 1 aliphatic rings. The number of nitrogens with two attached hydrogens (primary N) is 1. The number of nitrogens with one attached hydrogen (secondary N) is 2. The lowest BCUT2D eigenvalue weighted by Crippen LogP contribution is -2.46. The molecular formula is C24H32N8O5. The minimum atomic E-state index is -0.617. The van der Waals surface area contributed by atoms with Gasteiger partial charge in [-0.2, -0.15) is 5.10 Å². The monoisotopic (exact) mass is 512 g/mol. The van der Waals surface area contributed by atoms with Gasteiger partial charge in [-0.3, -0.25) is 19.6 Å². The molecule has 4 N–H and O–H groups in total. The van der Waals surface area contributed by atoms with Crippen LogP contribution in [-0.2, 0) is 17.8 Å². The first-order valence-electron chi connectivity index (χ1n) is 12.2. The van der Waals surface area contributed by atoms with E-state index in [1.54, 1.807) is 32.3 Å². The number of urea groups is 1. The third kappa shape index (κ3) is 5.66. The number of hydrogen-bond donors (Lipinski definition) is 3. The maximum Gasteiger partial charge on any atom is 0.317 e. The maximum absolute atomic E-state index is 13.2. The van der Waals surface area contributed by atoms with Crippen LogP contribution in [0.3, 0.4) is 0 Å². The van der Waals surface area contributed by atoms with Gasteiger partial charge in [-0.25, -0.2) is 9.78 Å². The minimum Gasteiger partial charge on any atom is -0.494 e. The van der Waals surface area contributed by atoms with Gasteiger partial charge in [-0.05, 0) is 38.5 Å². The summed E-state index contributed by atoms with van der Waals surface area (Å²) in [5.74, 6) is -0.311. The standard InChI is InChI=1S/C24H32N8O5/c1-4-32-18(12-15(2)29-32)22(34)28-23-27-17-13-16(21(25)33)14-19(36-3)20(17)31(23)7-5-6-26-24(35)30-8-10-37-11-9-30/h12-14H,4-11H2,1-3H3,(H2,25,33)(H,26,35)(H,27,28,34). The van der Waals surface area contributed by atoms with Crippen LogP contribution < -0.4 is 21.1 Å². The number of morpholine rings is 1. The number of aryl methyl sites for hydroxylation is 3. The van der Waals surface area contributed by atoms with Gasteiger partial charge in [0.05, 0.1) is 31.5 Å². The second-order valence-corrected chi connectivity index (χ2v) is 8.62. The number of ether oxygens (including phenoxy) is 2. The summed E-state index contributed by atoms with van der Waals surface area (Å²) in [4.78, 5) is 43.7. The molecule has 13 heteroatoms. The highest BCUT2D eigenvalue weighted by molar-refractivity contribution is 6.04. The number of benzene rings is 1. The summed E-state index contributed by atoms with van der Waals surface area (Å²) < 4.78 is 14.3. The van der Waals surface area contributed by atoms with E-state index in [1.807, 2.05) is 13.8 Å². The lowest BCUT2D eigenvalue weighted by atomic mass is 10.1. The molecule has 0 spiro atoms. The maximum atomic E-state index is 13.2. The Hall–Kier alpha value is -4.13. The SMILES string of the molecule is CCn1nc(C)cc1C(=O)Nc1nc2cc(C(N)=O)cc(OC)c2n1CCCNC(=O)N1CCOCC1. The highest BCUT2D eigenvalue weighted by Gasteiger charge is 2.22. The summed E-state index contributed by atoms with van der Waals surface area (Å²) in [6.45, 7) is 7.25. The third-order valence-electron chi connectivity index (χ3n) is 6.10. The van der Waals surface area contributed by atoms with Crippen LogP contribution in [-0.4, -0.2) is 82.0 Å². The zero-order valence-corrected chi connectivity index (χ0v) is 21.2. The fourth-order valence-corrected chi connectivity index (χ4v) is 4.29. The smallest absolute Gasteiger partial charge is 0.317 e. The van der Waals surface area contributed by atoms with Gasteiger partial charge < -0.3 is 30.0 Å². The highest BCUT2D eigenvalue weighted by Crippen LogP contribution is 2.31. The number of amides is 4. The lowest BCUT2D eigenvalue weighted by Gasteiger charge is -2.26. The Morgan fingerprint density at radius 1 is 1.19 bits per heavy atom. The van der Waals surface area contributed by atoms with Crippen LogP contribution in [0.15, 0.2) is 18.2 Å². The van der Waals surface area contributed by atoms with Gasteiger partial charge in [-0.15, -0.1) is 0 Å². The zero-order valence-electron chi connectivity index (χ0n) is 21.2. The fraction of sp³-hybridized carbons (Fsp3) is 0.458. The van der Waals surface area contributed by atoms with Crippen molar-refractivity contribution in [3.63, 3.8) is 0 Å². The molecule has 1 aromatic carbocycles. The number of hydrogen-bond acceptors (Lipinski definition) is 7. The molecule has 37 heavy (non-hydrogen) atoms. The molecule has 3 aromatic rings. The molecule has 13 nitrogen and oxygen atoms in total. The van der Waals surface area contributed by atoms with Gasteiger partial charge in [0.25, 0.3) is 5.91 Å². The van der Waals surface area contributed by atoms with E-state index in [-0.39, 0.29) is 23.5 Å². The number of aromatic nitrogens is 4. The van der Waals surface area contributed by atoms with Gasteiger partial charge in [0.1, 0.15) is 17.0 Å². The number of anilines is 1. The van der Waals surface area contributed by atoms with E-state index in [1.165, 1.54) is 7.11 Å². The van der Waals surface area contributed by atoms with Crippen molar-refractivity contribution in [3.8, 4) is 5.75 Å². The Morgan fingerprint density at radius 3 is 2.62 bits per heavy atom. The van der Waals surface area contributed by atoms with E-state index in [2.05, 4.69) is 20.7 Å². The Morgan fingerprint density at radius 2 is 1.95 bits per heavy atom. The molecule has 0 bridgehead atoms. The van der Waals surface area contributed by atoms with Crippen molar-refractivity contribution in [1.29, 1.82) is 0 Å². The van der Waals surface area contributed by atoms with Gasteiger partial charge in [0.15, 0.2) is 0 Å². The Kier molecular flexibility index (Phi) is 7.92. The quantitative estimate of drug-likeness (QED) is 0.365. The predicted molar refractivity (Wildman–Crippen MR) is 136 cm³/mol. The first kappa shape index (κ1) is 25.9. The normalized spacial score (nSPS) is 13.5. The summed E-state index contributed by atoms with van der Waals surface area (Å²) >= 11 is 0. The molecule has 1 aliphatic heterocycles. The van der Waals surface area contributed by atoms with E-state index in [0.717, 1.165) is 5.69 Å². The molecule has 198 valence electrons. The molecule has 4 rings (SSSR count). The predicted octanol–water partition coefficient (Wildman–Crippen LogP) is 1.35. The average Bonchev–Trinajstić information content (AvgIpc) is 3.45. The Balaban J connectivity index is 1.59. The lowest BCUT2D eigenvalue weighted by molar-refractivity contribution is 0.0532. The summed E-state index contributed by atoms with van der Waals surface area (Å²) in [6.07, 6.45) is 0.553. The van der Waals surface area contributed by atoms with Gasteiger partial charge in [0, 0.05) is 38.3 Å². The van der Waals surface area contributed by atoms with Crippen LogP contribution in [0.2, 0.25) is 0 Å². The fourth-order valence-electron chi connectivity index (χ4n) is 4.29. The second kappa shape index (κ2) is 11.3. The molecule has 0 unspecified atom stereocenters. The number of carbonyl (C=O) groups excluding carboxylic acids is 3. The Labute approximate surface area is 213 Å². The number of primary amides is 1.